The molecule has 0 spiro atoms. The van der Waals surface area contributed by atoms with Gasteiger partial charge in [-0.1, -0.05) is 37.3 Å². The molecule has 0 saturated heterocycles. The van der Waals surface area contributed by atoms with E-state index in [1.165, 1.54) is 12.1 Å². The van der Waals surface area contributed by atoms with Crippen molar-refractivity contribution in [2.75, 3.05) is 0 Å². The van der Waals surface area contributed by atoms with Crippen LogP contribution < -0.4 is 0 Å². The van der Waals surface area contributed by atoms with Crippen molar-refractivity contribution in [3.05, 3.63) is 35.9 Å². The lowest BCUT2D eigenvalue weighted by atomic mass is 9.65. The smallest absolute Gasteiger partial charge is 0.298 e. The second-order valence-electron chi connectivity index (χ2n) is 5.04. The molecule has 98 valence electrons. The quantitative estimate of drug-likeness (QED) is 0.745. The molecule has 1 saturated carbocycles. The molecule has 18 heavy (non-hydrogen) atoms. The van der Waals surface area contributed by atoms with Gasteiger partial charge in [-0.25, -0.2) is 0 Å². The number of carbonyl (C=O) groups is 1. The number of rotatable bonds is 1. The summed E-state index contributed by atoms with van der Waals surface area (Å²) >= 11 is 0. The second-order valence-corrected chi connectivity index (χ2v) is 5.04. The summed E-state index contributed by atoms with van der Waals surface area (Å²) in [6.07, 6.45) is -4.11. The maximum Gasteiger partial charge on any atom is 0.405 e. The second kappa shape index (κ2) is 4.41. The van der Waals surface area contributed by atoms with E-state index in [9.17, 15) is 18.0 Å². The molecule has 2 rings (SSSR count). The molecular formula is C14H15F3O. The minimum absolute atomic E-state index is 0.00949. The number of hydrogen-bond acceptors (Lipinski definition) is 1. The lowest BCUT2D eigenvalue weighted by Crippen LogP contribution is -2.52. The Kier molecular flexibility index (Phi) is 3.21. The first-order valence-corrected chi connectivity index (χ1v) is 6.03. The molecule has 1 aromatic carbocycles. The standard InChI is InChI=1S/C14H15F3O/c1-10-7-8-12(18)13(9-10,14(15,16)17)11-5-3-2-4-6-11/h2-6,10H,7-9H2,1H3. The van der Waals surface area contributed by atoms with Crippen molar-refractivity contribution in [3.63, 3.8) is 0 Å². The largest absolute Gasteiger partial charge is 0.405 e. The van der Waals surface area contributed by atoms with Crippen molar-refractivity contribution < 1.29 is 18.0 Å². The van der Waals surface area contributed by atoms with Gasteiger partial charge in [-0.15, -0.1) is 0 Å². The van der Waals surface area contributed by atoms with Crippen LogP contribution in [0.25, 0.3) is 0 Å². The highest BCUT2D eigenvalue weighted by atomic mass is 19.4. The van der Waals surface area contributed by atoms with Crippen LogP contribution in [-0.4, -0.2) is 12.0 Å². The van der Waals surface area contributed by atoms with Crippen molar-refractivity contribution in [2.45, 2.75) is 37.8 Å². The first kappa shape index (κ1) is 13.1. The van der Waals surface area contributed by atoms with Crippen molar-refractivity contribution in [1.29, 1.82) is 0 Å². The Morgan fingerprint density at radius 2 is 1.83 bits per heavy atom. The van der Waals surface area contributed by atoms with Crippen LogP contribution in [0.2, 0.25) is 0 Å². The van der Waals surface area contributed by atoms with Crippen LogP contribution in [0.4, 0.5) is 13.2 Å². The normalized spacial score (nSPS) is 29.3. The molecule has 0 aromatic heterocycles. The van der Waals surface area contributed by atoms with Crippen LogP contribution in [-0.2, 0) is 10.2 Å². The van der Waals surface area contributed by atoms with E-state index in [0.717, 1.165) is 0 Å². The molecular weight excluding hydrogens is 241 g/mol. The summed E-state index contributed by atoms with van der Waals surface area (Å²) in [6.45, 7) is 1.77. The van der Waals surface area contributed by atoms with E-state index < -0.39 is 17.4 Å². The van der Waals surface area contributed by atoms with Gasteiger partial charge in [0.15, 0.2) is 5.78 Å². The Morgan fingerprint density at radius 1 is 1.22 bits per heavy atom. The summed E-state index contributed by atoms with van der Waals surface area (Å²) in [4.78, 5) is 12.0. The SMILES string of the molecule is CC1CCC(=O)C(c2ccccc2)(C(F)(F)F)C1. The monoisotopic (exact) mass is 256 g/mol. The van der Waals surface area contributed by atoms with E-state index in [1.807, 2.05) is 0 Å². The van der Waals surface area contributed by atoms with Gasteiger partial charge in [-0.05, 0) is 24.3 Å². The van der Waals surface area contributed by atoms with Crippen LogP contribution >= 0.6 is 0 Å². The first-order chi connectivity index (χ1) is 8.38. The Labute approximate surface area is 104 Å². The van der Waals surface area contributed by atoms with E-state index in [-0.39, 0.29) is 24.3 Å². The number of benzene rings is 1. The Hall–Kier alpha value is -1.32. The van der Waals surface area contributed by atoms with Gasteiger partial charge in [-0.3, -0.25) is 4.79 Å². The maximum atomic E-state index is 13.5. The predicted octanol–water partition coefficient (Wildman–Crippen LogP) is 3.88. The molecule has 0 bridgehead atoms. The van der Waals surface area contributed by atoms with E-state index in [2.05, 4.69) is 0 Å². The van der Waals surface area contributed by atoms with Crippen molar-refractivity contribution in [2.24, 2.45) is 5.92 Å². The molecule has 1 aliphatic rings. The van der Waals surface area contributed by atoms with Gasteiger partial charge in [0.05, 0.1) is 0 Å². The van der Waals surface area contributed by atoms with Gasteiger partial charge < -0.3 is 0 Å². The van der Waals surface area contributed by atoms with Crippen molar-refractivity contribution in [1.82, 2.24) is 0 Å². The fourth-order valence-electron chi connectivity index (χ4n) is 2.77. The Morgan fingerprint density at radius 3 is 2.39 bits per heavy atom. The van der Waals surface area contributed by atoms with Gasteiger partial charge in [0.25, 0.3) is 0 Å². The van der Waals surface area contributed by atoms with E-state index in [0.29, 0.717) is 6.42 Å². The molecule has 4 heteroatoms. The highest BCUT2D eigenvalue weighted by molar-refractivity contribution is 5.92. The molecule has 2 unspecified atom stereocenters. The van der Waals surface area contributed by atoms with Gasteiger partial charge >= 0.3 is 6.18 Å². The topological polar surface area (TPSA) is 17.1 Å². The molecule has 0 radical (unpaired) electrons. The number of Topliss-reactive ketones (excluding diaryl/α,β-unsaturated/α-hetero) is 1. The number of alkyl halides is 3. The Balaban J connectivity index is 2.57. The molecule has 0 heterocycles. The number of ketones is 1. The zero-order valence-electron chi connectivity index (χ0n) is 10.1. The third kappa shape index (κ3) is 1.93. The lowest BCUT2D eigenvalue weighted by Gasteiger charge is -2.40. The fourth-order valence-corrected chi connectivity index (χ4v) is 2.77. The first-order valence-electron chi connectivity index (χ1n) is 6.03. The molecule has 2 atom stereocenters. The van der Waals surface area contributed by atoms with Crippen LogP contribution in [0.5, 0.6) is 0 Å². The average molecular weight is 256 g/mol. The average Bonchev–Trinajstić information content (AvgIpc) is 2.32. The van der Waals surface area contributed by atoms with Crippen LogP contribution in [0.15, 0.2) is 30.3 Å². The molecule has 1 aromatic rings. The highest BCUT2D eigenvalue weighted by Crippen LogP contribution is 2.50. The Bertz CT molecular complexity index is 438. The van der Waals surface area contributed by atoms with Gasteiger partial charge in [0.1, 0.15) is 5.41 Å². The van der Waals surface area contributed by atoms with Crippen molar-refractivity contribution >= 4 is 5.78 Å². The highest BCUT2D eigenvalue weighted by Gasteiger charge is 2.61. The summed E-state index contributed by atoms with van der Waals surface area (Å²) in [5.41, 5.74) is -2.22. The van der Waals surface area contributed by atoms with Crippen LogP contribution in [0.3, 0.4) is 0 Å². The van der Waals surface area contributed by atoms with Crippen molar-refractivity contribution in [3.8, 4) is 0 Å². The fraction of sp³-hybridized carbons (Fsp3) is 0.500. The third-order valence-corrected chi connectivity index (χ3v) is 3.75. The lowest BCUT2D eigenvalue weighted by molar-refractivity contribution is -0.201. The maximum absolute atomic E-state index is 13.5. The van der Waals surface area contributed by atoms with Gasteiger partial charge in [-0.2, -0.15) is 13.2 Å². The number of hydrogen-bond donors (Lipinski definition) is 0. The molecule has 1 nitrogen and oxygen atoms in total. The minimum Gasteiger partial charge on any atom is -0.298 e. The molecule has 0 amide bonds. The summed E-state index contributed by atoms with van der Waals surface area (Å²) in [6, 6.07) is 7.57. The summed E-state index contributed by atoms with van der Waals surface area (Å²) in [5.74, 6) is -0.788. The van der Waals surface area contributed by atoms with Gasteiger partial charge in [0, 0.05) is 6.42 Å². The molecule has 0 N–H and O–H groups in total. The predicted molar refractivity (Wildman–Crippen MR) is 62.2 cm³/mol. The van der Waals surface area contributed by atoms with Crippen LogP contribution in [0, 0.1) is 5.92 Å². The number of halogens is 3. The summed E-state index contributed by atoms with van der Waals surface area (Å²) in [7, 11) is 0. The zero-order valence-corrected chi connectivity index (χ0v) is 10.1. The van der Waals surface area contributed by atoms with E-state index in [4.69, 9.17) is 0 Å². The zero-order chi connectivity index (χ0) is 13.4. The molecule has 0 aliphatic heterocycles. The summed E-state index contributed by atoms with van der Waals surface area (Å²) < 4.78 is 40.5. The molecule has 1 fully saturated rings. The molecule has 1 aliphatic carbocycles. The summed E-state index contributed by atoms with van der Waals surface area (Å²) in [5, 5.41) is 0. The number of carbonyl (C=O) groups excluding carboxylic acids is 1. The third-order valence-electron chi connectivity index (χ3n) is 3.75. The van der Waals surface area contributed by atoms with E-state index in [1.54, 1.807) is 25.1 Å². The van der Waals surface area contributed by atoms with Gasteiger partial charge in [0.2, 0.25) is 0 Å². The minimum atomic E-state index is -4.53. The van der Waals surface area contributed by atoms with E-state index >= 15 is 0 Å². The van der Waals surface area contributed by atoms with Crippen LogP contribution in [0.1, 0.15) is 31.7 Å².